The molecule has 0 aromatic carbocycles. The first-order valence-electron chi connectivity index (χ1n) is 12.8. The van der Waals surface area contributed by atoms with Crippen LogP contribution in [0.15, 0.2) is 0 Å². The maximum Gasteiger partial charge on any atom is 0.302 e. The molecule has 1 aliphatic carbocycles. The van der Waals surface area contributed by atoms with Crippen LogP contribution in [0, 0.1) is 42.9 Å². The molecule has 0 aliphatic heterocycles. The average Bonchev–Trinajstić information content (AvgIpc) is 2.88. The van der Waals surface area contributed by atoms with E-state index in [1.165, 1.54) is 6.92 Å². The van der Waals surface area contributed by atoms with Gasteiger partial charge in [0, 0.05) is 31.2 Å². The predicted molar refractivity (Wildman–Crippen MR) is 141 cm³/mol. The summed E-state index contributed by atoms with van der Waals surface area (Å²) in [5, 5.41) is 11.7. The van der Waals surface area contributed by atoms with Gasteiger partial charge >= 0.3 is 5.97 Å². The van der Waals surface area contributed by atoms with E-state index in [0.29, 0.717) is 64.5 Å². The third kappa shape index (κ3) is 13.4. The molecule has 1 aliphatic rings. The predicted octanol–water partition coefficient (Wildman–Crippen LogP) is 1.03. The Labute approximate surface area is 221 Å². The molecule has 1 saturated carbocycles. The number of ether oxygens (including phenoxy) is 1. The van der Waals surface area contributed by atoms with E-state index in [9.17, 15) is 19.2 Å². The SMILES string of the molecule is C#CCNCCCC(CCC(=O)NCC#C)(CCC(=O)NCC#C)NC(=O)[C@H]1CC[C@H](OC(C)=O)CC1. The van der Waals surface area contributed by atoms with E-state index in [-0.39, 0.29) is 61.6 Å². The van der Waals surface area contributed by atoms with Crippen LogP contribution in [0.5, 0.6) is 0 Å². The molecule has 9 heteroatoms. The van der Waals surface area contributed by atoms with Crippen molar-refractivity contribution in [2.24, 2.45) is 5.92 Å². The van der Waals surface area contributed by atoms with Crippen molar-refractivity contribution in [2.45, 2.75) is 82.8 Å². The van der Waals surface area contributed by atoms with Gasteiger partial charge in [0.05, 0.1) is 19.6 Å². The molecule has 1 fully saturated rings. The molecule has 1 rings (SSSR count). The molecular weight excluding hydrogens is 472 g/mol. The topological polar surface area (TPSA) is 126 Å². The van der Waals surface area contributed by atoms with Gasteiger partial charge in [0.25, 0.3) is 0 Å². The molecule has 0 heterocycles. The second-order valence-electron chi connectivity index (χ2n) is 9.30. The zero-order chi connectivity index (χ0) is 27.5. The van der Waals surface area contributed by atoms with Gasteiger partial charge in [0.15, 0.2) is 0 Å². The number of esters is 1. The lowest BCUT2D eigenvalue weighted by atomic mass is 9.81. The standard InChI is InChI=1S/C28H40N4O5/c1-5-18-29-21-8-15-28(16-13-25(34)30-19-6-2,17-14-26(35)31-20-7-3)32-27(36)23-9-11-24(12-10-23)37-22(4)33/h1-3,23-24,29H,8-21H2,4H3,(H,30,34)(H,31,35)(H,32,36)/t23-,24-. The van der Waals surface area contributed by atoms with E-state index in [0.717, 1.165) is 0 Å². The lowest BCUT2D eigenvalue weighted by Gasteiger charge is -2.37. The summed E-state index contributed by atoms with van der Waals surface area (Å²) in [7, 11) is 0. The van der Waals surface area contributed by atoms with Gasteiger partial charge in [-0.1, -0.05) is 17.8 Å². The number of carbonyl (C=O) groups excluding carboxylic acids is 4. The molecule has 0 bridgehead atoms. The molecule has 0 unspecified atom stereocenters. The Hall–Kier alpha value is -3.48. The zero-order valence-corrected chi connectivity index (χ0v) is 21.8. The molecule has 9 nitrogen and oxygen atoms in total. The summed E-state index contributed by atoms with van der Waals surface area (Å²) >= 11 is 0. The first-order chi connectivity index (χ1) is 17.7. The Kier molecular flexibility index (Phi) is 15.2. The number of nitrogens with one attached hydrogen (secondary N) is 4. The minimum absolute atomic E-state index is 0.119. The average molecular weight is 513 g/mol. The Morgan fingerprint density at radius 3 is 1.86 bits per heavy atom. The van der Waals surface area contributed by atoms with Crippen molar-refractivity contribution < 1.29 is 23.9 Å². The smallest absolute Gasteiger partial charge is 0.302 e. The summed E-state index contributed by atoms with van der Waals surface area (Å²) in [6, 6.07) is 0. The highest BCUT2D eigenvalue weighted by molar-refractivity contribution is 5.81. The molecule has 0 aromatic heterocycles. The highest BCUT2D eigenvalue weighted by Crippen LogP contribution is 2.30. The number of hydrogen-bond acceptors (Lipinski definition) is 6. The number of hydrogen-bond donors (Lipinski definition) is 4. The third-order valence-electron chi connectivity index (χ3n) is 6.44. The molecule has 202 valence electrons. The summed E-state index contributed by atoms with van der Waals surface area (Å²) < 4.78 is 5.29. The van der Waals surface area contributed by atoms with E-state index in [4.69, 9.17) is 24.0 Å². The van der Waals surface area contributed by atoms with Crippen molar-refractivity contribution in [3.8, 4) is 37.0 Å². The maximum atomic E-state index is 13.4. The van der Waals surface area contributed by atoms with Gasteiger partial charge in [-0.15, -0.1) is 19.3 Å². The van der Waals surface area contributed by atoms with Crippen molar-refractivity contribution in [3.63, 3.8) is 0 Å². The normalized spacial score (nSPS) is 16.8. The fourth-order valence-corrected chi connectivity index (χ4v) is 4.50. The lowest BCUT2D eigenvalue weighted by molar-refractivity contribution is -0.148. The molecule has 0 radical (unpaired) electrons. The van der Waals surface area contributed by atoms with Gasteiger partial charge in [0.2, 0.25) is 17.7 Å². The monoisotopic (exact) mass is 512 g/mol. The van der Waals surface area contributed by atoms with Crippen LogP contribution in [0.1, 0.15) is 71.1 Å². The summed E-state index contributed by atoms with van der Waals surface area (Å²) in [6.07, 6.45) is 20.2. The quantitative estimate of drug-likeness (QED) is 0.139. The van der Waals surface area contributed by atoms with Crippen molar-refractivity contribution in [1.82, 2.24) is 21.3 Å². The van der Waals surface area contributed by atoms with Gasteiger partial charge in [-0.2, -0.15) is 0 Å². The fraction of sp³-hybridized carbons (Fsp3) is 0.643. The van der Waals surface area contributed by atoms with E-state index in [1.807, 2.05) is 0 Å². The van der Waals surface area contributed by atoms with Crippen LogP contribution >= 0.6 is 0 Å². The Morgan fingerprint density at radius 1 is 0.838 bits per heavy atom. The highest BCUT2D eigenvalue weighted by Gasteiger charge is 2.36. The van der Waals surface area contributed by atoms with Crippen LogP contribution in [0.2, 0.25) is 0 Å². The van der Waals surface area contributed by atoms with Crippen LogP contribution in [-0.2, 0) is 23.9 Å². The minimum Gasteiger partial charge on any atom is -0.463 e. The Bertz CT molecular complexity index is 854. The van der Waals surface area contributed by atoms with E-state index in [2.05, 4.69) is 39.0 Å². The van der Waals surface area contributed by atoms with Gasteiger partial charge in [-0.3, -0.25) is 19.2 Å². The zero-order valence-electron chi connectivity index (χ0n) is 21.8. The van der Waals surface area contributed by atoms with Gasteiger partial charge in [-0.25, -0.2) is 0 Å². The van der Waals surface area contributed by atoms with E-state index >= 15 is 0 Å². The summed E-state index contributed by atoms with van der Waals surface area (Å²) in [6.45, 7) is 2.67. The molecule has 3 amide bonds. The number of rotatable bonds is 16. The first kappa shape index (κ1) is 31.5. The fourth-order valence-electron chi connectivity index (χ4n) is 4.50. The van der Waals surface area contributed by atoms with Crippen LogP contribution < -0.4 is 21.3 Å². The minimum atomic E-state index is -0.789. The summed E-state index contributed by atoms with van der Waals surface area (Å²) in [5.74, 6) is 6.15. The van der Waals surface area contributed by atoms with Crippen molar-refractivity contribution in [3.05, 3.63) is 0 Å². The molecule has 0 atom stereocenters. The summed E-state index contributed by atoms with van der Waals surface area (Å²) in [5.41, 5.74) is -0.789. The third-order valence-corrected chi connectivity index (χ3v) is 6.44. The molecule has 4 N–H and O–H groups in total. The molecule has 37 heavy (non-hydrogen) atoms. The van der Waals surface area contributed by atoms with Gasteiger partial charge in [0.1, 0.15) is 6.10 Å². The van der Waals surface area contributed by atoms with E-state index < -0.39 is 5.54 Å². The highest BCUT2D eigenvalue weighted by atomic mass is 16.5. The molecule has 0 aromatic rings. The van der Waals surface area contributed by atoms with E-state index in [1.54, 1.807) is 0 Å². The van der Waals surface area contributed by atoms with Gasteiger partial charge in [-0.05, 0) is 57.9 Å². The molecular formula is C28H40N4O5. The lowest BCUT2D eigenvalue weighted by Crippen LogP contribution is -2.52. The van der Waals surface area contributed by atoms with Crippen LogP contribution in [0.3, 0.4) is 0 Å². The van der Waals surface area contributed by atoms with Crippen LogP contribution in [-0.4, -0.2) is 61.5 Å². The Balaban J connectivity index is 3.00. The number of carbonyl (C=O) groups is 4. The van der Waals surface area contributed by atoms with Crippen molar-refractivity contribution >= 4 is 23.7 Å². The Morgan fingerprint density at radius 2 is 1.38 bits per heavy atom. The first-order valence-corrected chi connectivity index (χ1v) is 12.8. The number of amides is 3. The van der Waals surface area contributed by atoms with Gasteiger partial charge < -0.3 is 26.0 Å². The molecule has 0 saturated heterocycles. The summed E-state index contributed by atoms with van der Waals surface area (Å²) in [4.78, 5) is 49.4. The largest absolute Gasteiger partial charge is 0.463 e. The van der Waals surface area contributed by atoms with Crippen LogP contribution in [0.25, 0.3) is 0 Å². The number of terminal acetylenes is 3. The second kappa shape index (κ2) is 17.9. The van der Waals surface area contributed by atoms with Crippen LogP contribution in [0.4, 0.5) is 0 Å². The maximum absolute atomic E-state index is 13.4. The molecule has 0 spiro atoms. The second-order valence-corrected chi connectivity index (χ2v) is 9.30. The van der Waals surface area contributed by atoms with Crippen molar-refractivity contribution in [1.29, 1.82) is 0 Å². The van der Waals surface area contributed by atoms with Crippen molar-refractivity contribution in [2.75, 3.05) is 26.2 Å².